The number of benzene rings is 2. The molecule has 2 heterocycles. The van der Waals surface area contributed by atoms with E-state index in [9.17, 15) is 0 Å². The van der Waals surface area contributed by atoms with Crippen molar-refractivity contribution in [2.75, 3.05) is 41.7 Å². The molecule has 2 saturated heterocycles. The minimum atomic E-state index is 0.902. The van der Waals surface area contributed by atoms with Crippen molar-refractivity contribution in [1.29, 1.82) is 0 Å². The molecular weight excluding hydrogens is 409 g/mol. The molecule has 0 radical (unpaired) electrons. The van der Waals surface area contributed by atoms with E-state index in [2.05, 4.69) is 62.7 Å². The highest BCUT2D eigenvalue weighted by molar-refractivity contribution is 14.1. The maximum atomic E-state index is 5.86. The molecule has 0 atom stereocenters. The van der Waals surface area contributed by atoms with Gasteiger partial charge in [-0.15, -0.1) is 0 Å². The van der Waals surface area contributed by atoms with Crippen molar-refractivity contribution >= 4 is 39.7 Å². The molecule has 0 bridgehead atoms. The monoisotopic (exact) mass is 435 g/mol. The second-order valence-electron chi connectivity index (χ2n) is 6.40. The van der Waals surface area contributed by atoms with Crippen molar-refractivity contribution in [3.05, 3.63) is 52.1 Å². The zero-order valence-electron chi connectivity index (χ0n) is 14.1. The second-order valence-corrected chi connectivity index (χ2v) is 7.56. The second kappa shape index (κ2) is 8.60. The topological polar surface area (TPSA) is 32.5 Å². The van der Waals surface area contributed by atoms with Gasteiger partial charge in [0.1, 0.15) is 0 Å². The largest absolute Gasteiger partial charge is 0.397 e. The van der Waals surface area contributed by atoms with Crippen molar-refractivity contribution < 1.29 is 0 Å². The van der Waals surface area contributed by atoms with E-state index in [1.54, 1.807) is 0 Å². The van der Waals surface area contributed by atoms with Crippen LogP contribution < -0.4 is 15.5 Å². The third kappa shape index (κ3) is 4.35. The van der Waals surface area contributed by atoms with Gasteiger partial charge < -0.3 is 15.5 Å². The molecule has 2 N–H and O–H groups in total. The Kier molecular flexibility index (Phi) is 6.24. The number of hydrogen-bond donors (Lipinski definition) is 1. The number of anilines is 3. The summed E-state index contributed by atoms with van der Waals surface area (Å²) in [4.78, 5) is 4.83. The summed E-state index contributed by atoms with van der Waals surface area (Å²) in [6.45, 7) is 4.79. The van der Waals surface area contributed by atoms with Crippen molar-refractivity contribution in [2.24, 2.45) is 0 Å². The Hall–Kier alpha value is -1.43. The molecule has 0 amide bonds. The molecule has 0 aliphatic carbocycles. The van der Waals surface area contributed by atoms with E-state index in [0.717, 1.165) is 18.8 Å². The van der Waals surface area contributed by atoms with E-state index in [4.69, 9.17) is 5.73 Å². The molecule has 2 aromatic carbocycles. The lowest BCUT2D eigenvalue weighted by molar-refractivity contribution is 0.949. The SMILES string of the molecule is Ic1ccccc1N1CCCC1.Nc1ccccc1N1CCCC1. The van der Waals surface area contributed by atoms with Gasteiger partial charge in [0.15, 0.2) is 0 Å². The van der Waals surface area contributed by atoms with Gasteiger partial charge in [0.05, 0.1) is 17.1 Å². The maximum Gasteiger partial charge on any atom is 0.0599 e. The van der Waals surface area contributed by atoms with E-state index in [1.165, 1.54) is 53.7 Å². The number of para-hydroxylation sites is 3. The van der Waals surface area contributed by atoms with Crippen LogP contribution in [0.2, 0.25) is 0 Å². The third-order valence-electron chi connectivity index (χ3n) is 4.68. The highest BCUT2D eigenvalue weighted by Gasteiger charge is 2.14. The van der Waals surface area contributed by atoms with Crippen LogP contribution in [0.3, 0.4) is 0 Å². The van der Waals surface area contributed by atoms with Crippen LogP contribution in [0.5, 0.6) is 0 Å². The molecule has 24 heavy (non-hydrogen) atoms. The Morgan fingerprint density at radius 1 is 0.667 bits per heavy atom. The van der Waals surface area contributed by atoms with Crippen LogP contribution in [0.15, 0.2) is 48.5 Å². The fourth-order valence-corrected chi connectivity index (χ4v) is 4.13. The first-order chi connectivity index (χ1) is 11.8. The van der Waals surface area contributed by atoms with Gasteiger partial charge in [-0.2, -0.15) is 0 Å². The van der Waals surface area contributed by atoms with Crippen LogP contribution in [-0.2, 0) is 0 Å². The Morgan fingerprint density at radius 2 is 1.12 bits per heavy atom. The Labute approximate surface area is 159 Å². The fourth-order valence-electron chi connectivity index (χ4n) is 3.40. The summed E-state index contributed by atoms with van der Waals surface area (Å²) < 4.78 is 1.37. The lowest BCUT2D eigenvalue weighted by Crippen LogP contribution is -2.18. The van der Waals surface area contributed by atoms with Crippen LogP contribution in [0, 0.1) is 3.57 Å². The Bertz CT molecular complexity index is 589. The van der Waals surface area contributed by atoms with E-state index >= 15 is 0 Å². The number of rotatable bonds is 2. The molecule has 0 unspecified atom stereocenters. The Morgan fingerprint density at radius 3 is 1.67 bits per heavy atom. The molecular formula is C20H26IN3. The first-order valence-electron chi connectivity index (χ1n) is 8.84. The van der Waals surface area contributed by atoms with Gasteiger partial charge in [0.25, 0.3) is 0 Å². The van der Waals surface area contributed by atoms with Gasteiger partial charge >= 0.3 is 0 Å². The van der Waals surface area contributed by atoms with Crippen LogP contribution in [-0.4, -0.2) is 26.2 Å². The first kappa shape index (κ1) is 17.4. The van der Waals surface area contributed by atoms with Crippen molar-refractivity contribution in [3.8, 4) is 0 Å². The van der Waals surface area contributed by atoms with E-state index in [0.29, 0.717) is 0 Å². The Balaban J connectivity index is 0.000000141. The number of halogens is 1. The quantitative estimate of drug-likeness (QED) is 0.546. The number of hydrogen-bond acceptors (Lipinski definition) is 3. The highest BCUT2D eigenvalue weighted by Crippen LogP contribution is 2.26. The lowest BCUT2D eigenvalue weighted by Gasteiger charge is -2.19. The van der Waals surface area contributed by atoms with E-state index in [1.807, 2.05) is 18.2 Å². The number of nitrogens with zero attached hydrogens (tertiary/aromatic N) is 2. The summed E-state index contributed by atoms with van der Waals surface area (Å²) in [6, 6.07) is 16.7. The molecule has 4 rings (SSSR count). The molecule has 128 valence electrons. The van der Waals surface area contributed by atoms with Crippen molar-refractivity contribution in [2.45, 2.75) is 25.7 Å². The first-order valence-corrected chi connectivity index (χ1v) is 9.92. The molecule has 2 aliphatic heterocycles. The normalized spacial score (nSPS) is 16.9. The minimum absolute atomic E-state index is 0.902. The van der Waals surface area contributed by atoms with Gasteiger partial charge in [-0.1, -0.05) is 24.3 Å². The van der Waals surface area contributed by atoms with E-state index < -0.39 is 0 Å². The molecule has 4 heteroatoms. The van der Waals surface area contributed by atoms with Crippen LogP contribution >= 0.6 is 22.6 Å². The smallest absolute Gasteiger partial charge is 0.0599 e. The predicted molar refractivity (Wildman–Crippen MR) is 113 cm³/mol. The molecule has 2 fully saturated rings. The molecule has 2 aromatic rings. The highest BCUT2D eigenvalue weighted by atomic mass is 127. The minimum Gasteiger partial charge on any atom is -0.397 e. The van der Waals surface area contributed by atoms with Gasteiger partial charge in [0.2, 0.25) is 0 Å². The van der Waals surface area contributed by atoms with Crippen LogP contribution in [0.25, 0.3) is 0 Å². The maximum absolute atomic E-state index is 5.86. The van der Waals surface area contributed by atoms with Gasteiger partial charge in [-0.3, -0.25) is 0 Å². The van der Waals surface area contributed by atoms with E-state index in [-0.39, 0.29) is 0 Å². The summed E-state index contributed by atoms with van der Waals surface area (Å²) in [5, 5.41) is 0. The zero-order chi connectivity index (χ0) is 16.8. The lowest BCUT2D eigenvalue weighted by atomic mass is 10.2. The summed E-state index contributed by atoms with van der Waals surface area (Å²) in [5.41, 5.74) is 9.38. The molecule has 0 aromatic heterocycles. The average molecular weight is 435 g/mol. The predicted octanol–water partition coefficient (Wildman–Crippen LogP) is 4.76. The number of nitrogen functional groups attached to an aromatic ring is 1. The summed E-state index contributed by atoms with van der Waals surface area (Å²) in [5.74, 6) is 0. The van der Waals surface area contributed by atoms with Gasteiger partial charge in [0, 0.05) is 29.7 Å². The molecule has 2 aliphatic rings. The van der Waals surface area contributed by atoms with Crippen molar-refractivity contribution in [3.63, 3.8) is 0 Å². The fraction of sp³-hybridized carbons (Fsp3) is 0.400. The molecule has 0 saturated carbocycles. The van der Waals surface area contributed by atoms with Gasteiger partial charge in [-0.05, 0) is 72.5 Å². The third-order valence-corrected chi connectivity index (χ3v) is 5.59. The van der Waals surface area contributed by atoms with Crippen LogP contribution in [0.4, 0.5) is 17.1 Å². The molecule has 0 spiro atoms. The number of nitrogens with two attached hydrogens (primary N) is 1. The summed E-state index contributed by atoms with van der Waals surface area (Å²) >= 11 is 2.41. The van der Waals surface area contributed by atoms with Gasteiger partial charge in [-0.25, -0.2) is 0 Å². The standard InChI is InChI=1S/C10H12IN.C10H14N2/c2*11-9-5-1-2-6-10(9)12-7-3-4-8-12/h1-2,5-6H,3-4,7-8H2;1-2,5-6H,3-4,7-8,11H2. The summed E-state index contributed by atoms with van der Waals surface area (Å²) in [7, 11) is 0. The average Bonchev–Trinajstić information content (AvgIpc) is 3.30. The molecule has 3 nitrogen and oxygen atoms in total. The summed E-state index contributed by atoms with van der Waals surface area (Å²) in [6.07, 6.45) is 5.30. The van der Waals surface area contributed by atoms with Crippen LogP contribution in [0.1, 0.15) is 25.7 Å². The zero-order valence-corrected chi connectivity index (χ0v) is 16.3. The van der Waals surface area contributed by atoms with Crippen molar-refractivity contribution in [1.82, 2.24) is 0 Å².